The number of nitrogens with one attached hydrogen (secondary N) is 1. The molecule has 0 aliphatic heterocycles. The lowest BCUT2D eigenvalue weighted by Gasteiger charge is -2.07. The van der Waals surface area contributed by atoms with Gasteiger partial charge in [0, 0.05) is 13.0 Å². The maximum absolute atomic E-state index is 10.8. The Morgan fingerprint density at radius 1 is 1.75 bits per heavy atom. The topological polar surface area (TPSA) is 95.2 Å². The van der Waals surface area contributed by atoms with E-state index in [2.05, 4.69) is 10.3 Å². The largest absolute Gasteiger partial charge is 0.490 e. The SMILES string of the molecule is CC(=O)Nc1cc(OCCO)c(C#N)cn1. The standard InChI is InChI=1S/C10H11N3O3/c1-7(15)13-10-4-9(16-3-2-14)8(5-11)6-12-10/h4,6,14H,2-3H2,1H3,(H,12,13,15). The summed E-state index contributed by atoms with van der Waals surface area (Å²) in [6.45, 7) is 1.29. The van der Waals surface area contributed by atoms with Gasteiger partial charge in [-0.25, -0.2) is 4.98 Å². The van der Waals surface area contributed by atoms with Gasteiger partial charge in [0.1, 0.15) is 29.8 Å². The van der Waals surface area contributed by atoms with Gasteiger partial charge in [0.05, 0.1) is 12.8 Å². The van der Waals surface area contributed by atoms with Gasteiger partial charge in [-0.1, -0.05) is 0 Å². The lowest BCUT2D eigenvalue weighted by Crippen LogP contribution is -2.09. The van der Waals surface area contributed by atoms with Crippen molar-refractivity contribution in [2.75, 3.05) is 18.5 Å². The third-order valence-corrected chi connectivity index (χ3v) is 1.64. The van der Waals surface area contributed by atoms with E-state index >= 15 is 0 Å². The van der Waals surface area contributed by atoms with Gasteiger partial charge >= 0.3 is 0 Å². The van der Waals surface area contributed by atoms with Crippen molar-refractivity contribution in [3.63, 3.8) is 0 Å². The van der Waals surface area contributed by atoms with Gasteiger partial charge in [0.25, 0.3) is 0 Å². The first-order valence-electron chi connectivity index (χ1n) is 4.58. The summed E-state index contributed by atoms with van der Waals surface area (Å²) in [7, 11) is 0. The highest BCUT2D eigenvalue weighted by molar-refractivity contribution is 5.87. The Bertz CT molecular complexity index is 426. The Morgan fingerprint density at radius 3 is 3.06 bits per heavy atom. The highest BCUT2D eigenvalue weighted by Gasteiger charge is 2.06. The number of carbonyl (C=O) groups excluding carboxylic acids is 1. The number of carbonyl (C=O) groups is 1. The maximum Gasteiger partial charge on any atom is 0.222 e. The number of ether oxygens (including phenoxy) is 1. The molecule has 0 atom stereocenters. The summed E-state index contributed by atoms with van der Waals surface area (Å²) in [6, 6.07) is 3.34. The van der Waals surface area contributed by atoms with Crippen molar-refractivity contribution in [1.82, 2.24) is 4.98 Å². The fourth-order valence-corrected chi connectivity index (χ4v) is 1.04. The van der Waals surface area contributed by atoms with Crippen molar-refractivity contribution in [1.29, 1.82) is 5.26 Å². The zero-order valence-electron chi connectivity index (χ0n) is 8.73. The fourth-order valence-electron chi connectivity index (χ4n) is 1.04. The van der Waals surface area contributed by atoms with Crippen LogP contribution in [0, 0.1) is 11.3 Å². The Kier molecular flexibility index (Phi) is 4.24. The quantitative estimate of drug-likeness (QED) is 0.761. The van der Waals surface area contributed by atoms with Crippen LogP contribution in [0.15, 0.2) is 12.3 Å². The highest BCUT2D eigenvalue weighted by atomic mass is 16.5. The molecule has 0 unspecified atom stereocenters. The number of hydrogen-bond donors (Lipinski definition) is 2. The van der Waals surface area contributed by atoms with E-state index in [0.29, 0.717) is 5.82 Å². The lowest BCUT2D eigenvalue weighted by atomic mass is 10.3. The number of pyridine rings is 1. The van der Waals surface area contributed by atoms with Crippen LogP contribution in [0.4, 0.5) is 5.82 Å². The molecule has 2 N–H and O–H groups in total. The molecule has 6 nitrogen and oxygen atoms in total. The van der Waals surface area contributed by atoms with Crippen molar-refractivity contribution in [2.45, 2.75) is 6.92 Å². The summed E-state index contributed by atoms with van der Waals surface area (Å²) in [6.07, 6.45) is 1.30. The summed E-state index contributed by atoms with van der Waals surface area (Å²) in [5.41, 5.74) is 0.252. The monoisotopic (exact) mass is 221 g/mol. The molecule has 84 valence electrons. The number of nitrogens with zero attached hydrogens (tertiary/aromatic N) is 2. The minimum absolute atomic E-state index is 0.0816. The summed E-state index contributed by atoms with van der Waals surface area (Å²) in [5, 5.41) is 19.9. The number of aliphatic hydroxyl groups is 1. The lowest BCUT2D eigenvalue weighted by molar-refractivity contribution is -0.114. The first kappa shape index (κ1) is 11.9. The molecule has 0 spiro atoms. The number of aliphatic hydroxyl groups excluding tert-OH is 1. The zero-order chi connectivity index (χ0) is 12.0. The van der Waals surface area contributed by atoms with Crippen LogP contribution in [0.5, 0.6) is 5.75 Å². The second-order valence-corrected chi connectivity index (χ2v) is 2.93. The Balaban J connectivity index is 2.92. The third kappa shape index (κ3) is 3.22. The Morgan fingerprint density at radius 2 is 2.50 bits per heavy atom. The molecule has 0 bridgehead atoms. The van der Waals surface area contributed by atoms with Gasteiger partial charge in [-0.2, -0.15) is 5.26 Å². The van der Waals surface area contributed by atoms with Crippen molar-refractivity contribution in [3.05, 3.63) is 17.8 Å². The number of amides is 1. The smallest absolute Gasteiger partial charge is 0.222 e. The zero-order valence-corrected chi connectivity index (χ0v) is 8.73. The Labute approximate surface area is 92.5 Å². The molecular weight excluding hydrogens is 210 g/mol. The number of aromatic nitrogens is 1. The highest BCUT2D eigenvalue weighted by Crippen LogP contribution is 2.20. The van der Waals surface area contributed by atoms with E-state index in [0.717, 1.165) is 0 Å². The summed E-state index contributed by atoms with van der Waals surface area (Å²) >= 11 is 0. The van der Waals surface area contributed by atoms with Gasteiger partial charge < -0.3 is 15.2 Å². The van der Waals surface area contributed by atoms with Crippen LogP contribution < -0.4 is 10.1 Å². The van der Waals surface area contributed by atoms with Crippen LogP contribution in [0.1, 0.15) is 12.5 Å². The molecule has 0 aliphatic carbocycles. The van der Waals surface area contributed by atoms with Gasteiger partial charge in [-0.3, -0.25) is 4.79 Å². The molecule has 1 amide bonds. The molecule has 1 rings (SSSR count). The first-order chi connectivity index (χ1) is 7.67. The normalized spacial score (nSPS) is 9.31. The van der Waals surface area contributed by atoms with Crippen LogP contribution >= 0.6 is 0 Å². The molecule has 1 aromatic rings. The average molecular weight is 221 g/mol. The maximum atomic E-state index is 10.8. The molecule has 0 fully saturated rings. The van der Waals surface area contributed by atoms with E-state index in [9.17, 15) is 4.79 Å². The molecule has 1 aromatic heterocycles. The predicted octanol–water partition coefficient (Wildman–Crippen LogP) is 0.283. The van der Waals surface area contributed by atoms with Crippen molar-refractivity contribution >= 4 is 11.7 Å². The average Bonchev–Trinajstić information content (AvgIpc) is 2.25. The van der Waals surface area contributed by atoms with Crippen molar-refractivity contribution < 1.29 is 14.6 Å². The number of nitriles is 1. The van der Waals surface area contributed by atoms with Crippen LogP contribution in [-0.2, 0) is 4.79 Å². The molecule has 1 heterocycles. The van der Waals surface area contributed by atoms with Crippen LogP contribution in [0.2, 0.25) is 0 Å². The molecule has 0 aromatic carbocycles. The van der Waals surface area contributed by atoms with Gasteiger partial charge in [-0.05, 0) is 0 Å². The van der Waals surface area contributed by atoms with E-state index < -0.39 is 0 Å². The van der Waals surface area contributed by atoms with Crippen molar-refractivity contribution in [3.8, 4) is 11.8 Å². The van der Waals surface area contributed by atoms with E-state index in [1.54, 1.807) is 0 Å². The molecule has 0 saturated carbocycles. The fraction of sp³-hybridized carbons (Fsp3) is 0.300. The van der Waals surface area contributed by atoms with E-state index in [-0.39, 0.29) is 30.4 Å². The number of anilines is 1. The second kappa shape index (κ2) is 5.68. The van der Waals surface area contributed by atoms with Crippen LogP contribution in [0.25, 0.3) is 0 Å². The number of hydrogen-bond acceptors (Lipinski definition) is 5. The molecule has 0 radical (unpaired) electrons. The molecular formula is C10H11N3O3. The van der Waals surface area contributed by atoms with Gasteiger partial charge in [0.2, 0.25) is 5.91 Å². The van der Waals surface area contributed by atoms with E-state index in [4.69, 9.17) is 15.1 Å². The molecule has 0 aliphatic rings. The van der Waals surface area contributed by atoms with Crippen molar-refractivity contribution in [2.24, 2.45) is 0 Å². The summed E-state index contributed by atoms with van der Waals surface area (Å²) in [4.78, 5) is 14.7. The molecule has 6 heteroatoms. The third-order valence-electron chi connectivity index (χ3n) is 1.64. The van der Waals surface area contributed by atoms with E-state index in [1.807, 2.05) is 6.07 Å². The van der Waals surface area contributed by atoms with Crippen LogP contribution in [0.3, 0.4) is 0 Å². The molecule has 16 heavy (non-hydrogen) atoms. The van der Waals surface area contributed by atoms with Crippen LogP contribution in [-0.4, -0.2) is 29.2 Å². The second-order valence-electron chi connectivity index (χ2n) is 2.93. The Hall–Kier alpha value is -2.13. The minimum atomic E-state index is -0.259. The summed E-state index contributed by atoms with van der Waals surface area (Å²) < 4.78 is 5.14. The predicted molar refractivity (Wildman–Crippen MR) is 55.8 cm³/mol. The molecule has 0 saturated heterocycles. The number of rotatable bonds is 4. The first-order valence-corrected chi connectivity index (χ1v) is 4.58. The van der Waals surface area contributed by atoms with Gasteiger partial charge in [0.15, 0.2) is 0 Å². The summed E-state index contributed by atoms with van der Waals surface area (Å²) in [5.74, 6) is 0.333. The van der Waals surface area contributed by atoms with E-state index in [1.165, 1.54) is 19.2 Å². The minimum Gasteiger partial charge on any atom is -0.490 e. The van der Waals surface area contributed by atoms with Gasteiger partial charge in [-0.15, -0.1) is 0 Å².